The van der Waals surface area contributed by atoms with Gasteiger partial charge in [0.2, 0.25) is 0 Å². The van der Waals surface area contributed by atoms with Crippen LogP contribution in [0.5, 0.6) is 5.75 Å². The number of benzene rings is 1. The van der Waals surface area contributed by atoms with Crippen LogP contribution in [-0.4, -0.2) is 35.4 Å². The number of esters is 1. The molecule has 1 N–H and O–H groups in total. The first-order valence-corrected chi connectivity index (χ1v) is 10.6. The van der Waals surface area contributed by atoms with E-state index in [9.17, 15) is 9.59 Å². The van der Waals surface area contributed by atoms with Crippen LogP contribution in [0, 0.1) is 18.3 Å². The van der Waals surface area contributed by atoms with Crippen molar-refractivity contribution in [2.75, 3.05) is 19.0 Å². The topological polar surface area (TPSA) is 106 Å². The molecule has 1 aromatic carbocycles. The van der Waals surface area contributed by atoms with Crippen molar-refractivity contribution in [3.63, 3.8) is 0 Å². The number of anilines is 1. The number of nitriles is 1. The van der Waals surface area contributed by atoms with Crippen LogP contribution < -0.4 is 10.1 Å². The zero-order valence-corrected chi connectivity index (χ0v) is 18.9. The molecule has 0 radical (unpaired) electrons. The second-order valence-electron chi connectivity index (χ2n) is 6.56. The van der Waals surface area contributed by atoms with Gasteiger partial charge >= 0.3 is 5.97 Å². The number of ether oxygens (including phenoxy) is 2. The molecule has 0 saturated heterocycles. The number of nitrogens with one attached hydrogen (secondary N) is 1. The highest BCUT2D eigenvalue weighted by Gasteiger charge is 2.13. The van der Waals surface area contributed by atoms with Crippen LogP contribution in [0.25, 0.3) is 6.08 Å². The summed E-state index contributed by atoms with van der Waals surface area (Å²) >= 11 is 7.66. The number of hydrogen-bond acceptors (Lipinski definition) is 7. The highest BCUT2D eigenvalue weighted by atomic mass is 35.5. The van der Waals surface area contributed by atoms with E-state index in [1.54, 1.807) is 30.2 Å². The average molecular weight is 471 g/mol. The number of thiophene rings is 1. The highest BCUT2D eigenvalue weighted by molar-refractivity contribution is 7.14. The first kappa shape index (κ1) is 23.1. The molecule has 1 amide bonds. The molecule has 2 aromatic heterocycles. The van der Waals surface area contributed by atoms with Crippen LogP contribution in [0.4, 0.5) is 5.00 Å². The summed E-state index contributed by atoms with van der Waals surface area (Å²) in [7, 11) is 1.60. The Morgan fingerprint density at radius 2 is 2.19 bits per heavy atom. The van der Waals surface area contributed by atoms with Gasteiger partial charge in [0.05, 0.1) is 24.9 Å². The van der Waals surface area contributed by atoms with Crippen molar-refractivity contribution >= 4 is 45.9 Å². The molecule has 0 bridgehead atoms. The predicted molar refractivity (Wildman–Crippen MR) is 122 cm³/mol. The Kier molecular flexibility index (Phi) is 7.65. The summed E-state index contributed by atoms with van der Waals surface area (Å²) in [6, 6.07) is 11.1. The van der Waals surface area contributed by atoms with Gasteiger partial charge in [-0.15, -0.1) is 11.3 Å². The summed E-state index contributed by atoms with van der Waals surface area (Å²) in [6.07, 6.45) is 2.69. The number of carbonyl (C=O) groups is 2. The van der Waals surface area contributed by atoms with Gasteiger partial charge in [-0.2, -0.15) is 10.4 Å². The number of carbonyl (C=O) groups excluding carboxylic acids is 2. The maximum atomic E-state index is 12.0. The summed E-state index contributed by atoms with van der Waals surface area (Å²) in [5, 5.41) is 18.4. The second kappa shape index (κ2) is 10.6. The third kappa shape index (κ3) is 5.75. The van der Waals surface area contributed by atoms with E-state index in [0.717, 1.165) is 11.3 Å². The van der Waals surface area contributed by atoms with Gasteiger partial charge < -0.3 is 14.8 Å². The lowest BCUT2D eigenvalue weighted by atomic mass is 10.2. The minimum atomic E-state index is -0.706. The largest absolute Gasteiger partial charge is 0.497 e. The number of amides is 1. The third-order valence-electron chi connectivity index (χ3n) is 4.35. The number of hydrogen-bond donors (Lipinski definition) is 1. The molecule has 0 saturated carbocycles. The molecule has 0 fully saturated rings. The van der Waals surface area contributed by atoms with E-state index in [1.165, 1.54) is 23.5 Å². The van der Waals surface area contributed by atoms with E-state index >= 15 is 0 Å². The standard InChI is InChI=1S/C22H19ClN4O4S/c1-14-18(21(23)27(26-14)12-15-4-3-5-17(10-15)30-2)6-7-20(29)31-13-19(28)25-22-16(11-24)8-9-32-22/h3-10H,12-13H2,1-2H3,(H,25,28). The lowest BCUT2D eigenvalue weighted by molar-refractivity contribution is -0.142. The first-order valence-electron chi connectivity index (χ1n) is 9.39. The third-order valence-corrected chi connectivity index (χ3v) is 5.57. The molecule has 0 atom stereocenters. The Morgan fingerprint density at radius 3 is 2.94 bits per heavy atom. The normalized spacial score (nSPS) is 10.7. The molecular formula is C22H19ClN4O4S. The fraction of sp³-hybridized carbons (Fsp3) is 0.182. The molecule has 164 valence electrons. The van der Waals surface area contributed by atoms with Crippen LogP contribution >= 0.6 is 22.9 Å². The quantitative estimate of drug-likeness (QED) is 0.393. The van der Waals surface area contributed by atoms with E-state index in [0.29, 0.717) is 33.5 Å². The fourth-order valence-corrected chi connectivity index (χ4v) is 3.85. The summed E-state index contributed by atoms with van der Waals surface area (Å²) < 4.78 is 11.8. The van der Waals surface area contributed by atoms with E-state index in [-0.39, 0.29) is 0 Å². The molecule has 0 unspecified atom stereocenters. The molecule has 2 heterocycles. The van der Waals surface area contributed by atoms with E-state index in [2.05, 4.69) is 10.4 Å². The first-order chi connectivity index (χ1) is 15.4. The van der Waals surface area contributed by atoms with Crippen molar-refractivity contribution in [1.82, 2.24) is 9.78 Å². The number of halogens is 1. The molecule has 8 nitrogen and oxygen atoms in total. The second-order valence-corrected chi connectivity index (χ2v) is 7.84. The Hall–Kier alpha value is -3.61. The Labute approximate surface area is 193 Å². The van der Waals surface area contributed by atoms with Gasteiger partial charge in [0.15, 0.2) is 6.61 Å². The van der Waals surface area contributed by atoms with E-state index in [1.807, 2.05) is 30.3 Å². The minimum Gasteiger partial charge on any atom is -0.497 e. The molecule has 3 aromatic rings. The number of rotatable bonds is 8. The number of aryl methyl sites for hydroxylation is 1. The van der Waals surface area contributed by atoms with Crippen molar-refractivity contribution in [2.24, 2.45) is 0 Å². The summed E-state index contributed by atoms with van der Waals surface area (Å²) in [5.74, 6) is -0.508. The number of aromatic nitrogens is 2. The van der Waals surface area contributed by atoms with Gasteiger partial charge in [-0.3, -0.25) is 4.79 Å². The van der Waals surface area contributed by atoms with Crippen molar-refractivity contribution in [1.29, 1.82) is 5.26 Å². The van der Waals surface area contributed by atoms with E-state index in [4.69, 9.17) is 26.3 Å². The van der Waals surface area contributed by atoms with Crippen LogP contribution in [0.3, 0.4) is 0 Å². The Morgan fingerprint density at radius 1 is 1.38 bits per heavy atom. The van der Waals surface area contributed by atoms with Gasteiger partial charge in [0, 0.05) is 11.6 Å². The molecule has 3 rings (SSSR count). The lowest BCUT2D eigenvalue weighted by Gasteiger charge is -2.06. The van der Waals surface area contributed by atoms with Crippen molar-refractivity contribution in [3.8, 4) is 11.8 Å². The van der Waals surface area contributed by atoms with Gasteiger partial charge in [0.25, 0.3) is 5.91 Å². The van der Waals surface area contributed by atoms with Crippen molar-refractivity contribution < 1.29 is 19.1 Å². The fourth-order valence-electron chi connectivity index (χ4n) is 2.80. The van der Waals surface area contributed by atoms with Gasteiger partial charge in [-0.05, 0) is 42.1 Å². The molecule has 10 heteroatoms. The maximum absolute atomic E-state index is 12.0. The summed E-state index contributed by atoms with van der Waals surface area (Å²) in [6.45, 7) is 1.73. The monoisotopic (exact) mass is 470 g/mol. The summed E-state index contributed by atoms with van der Waals surface area (Å²) in [5.41, 5.74) is 2.53. The van der Waals surface area contributed by atoms with Crippen molar-refractivity contribution in [2.45, 2.75) is 13.5 Å². The molecular weight excluding hydrogens is 452 g/mol. The highest BCUT2D eigenvalue weighted by Crippen LogP contribution is 2.24. The number of nitrogens with zero attached hydrogens (tertiary/aromatic N) is 3. The maximum Gasteiger partial charge on any atom is 0.331 e. The zero-order valence-electron chi connectivity index (χ0n) is 17.3. The van der Waals surface area contributed by atoms with Crippen LogP contribution in [-0.2, 0) is 20.9 Å². The minimum absolute atomic E-state index is 0.352. The van der Waals surface area contributed by atoms with E-state index < -0.39 is 18.5 Å². The molecule has 0 spiro atoms. The zero-order chi connectivity index (χ0) is 23.1. The molecule has 32 heavy (non-hydrogen) atoms. The smallest absolute Gasteiger partial charge is 0.331 e. The van der Waals surface area contributed by atoms with Gasteiger partial charge in [-0.1, -0.05) is 23.7 Å². The summed E-state index contributed by atoms with van der Waals surface area (Å²) in [4.78, 5) is 23.9. The van der Waals surface area contributed by atoms with Crippen LogP contribution in [0.2, 0.25) is 5.15 Å². The van der Waals surface area contributed by atoms with Gasteiger partial charge in [0.1, 0.15) is 22.0 Å². The van der Waals surface area contributed by atoms with Gasteiger partial charge in [-0.25, -0.2) is 9.48 Å². The molecule has 0 aliphatic rings. The molecule has 0 aliphatic heterocycles. The van der Waals surface area contributed by atoms with Crippen LogP contribution in [0.1, 0.15) is 22.4 Å². The average Bonchev–Trinajstić information content (AvgIpc) is 3.34. The Balaban J connectivity index is 1.59. The predicted octanol–water partition coefficient (Wildman–Crippen LogP) is 4.03. The number of methoxy groups -OCH3 is 1. The van der Waals surface area contributed by atoms with Crippen molar-refractivity contribution in [3.05, 3.63) is 69.3 Å². The SMILES string of the molecule is COc1cccc(Cn2nc(C)c(C=CC(=O)OCC(=O)Nc3sccc3C#N)c2Cl)c1. The Bertz CT molecular complexity index is 1210. The van der Waals surface area contributed by atoms with Crippen LogP contribution in [0.15, 0.2) is 41.8 Å². The lowest BCUT2D eigenvalue weighted by Crippen LogP contribution is -2.20. The molecule has 0 aliphatic carbocycles.